The van der Waals surface area contributed by atoms with Gasteiger partial charge >= 0.3 is 0 Å². The predicted molar refractivity (Wildman–Crippen MR) is 182 cm³/mol. The third kappa shape index (κ3) is 4.80. The lowest BCUT2D eigenvalue weighted by Crippen LogP contribution is -2.54. The summed E-state index contributed by atoms with van der Waals surface area (Å²) in [6.07, 6.45) is 18.1. The second-order valence-electron chi connectivity index (χ2n) is 18.2. The fraction of sp³-hybridized carbons (Fsp3) is 0.947. The van der Waals surface area contributed by atoms with Crippen LogP contribution in [-0.2, 0) is 9.59 Å². The quantitative estimate of drug-likeness (QED) is 0.244. The van der Waals surface area contributed by atoms with E-state index in [-0.39, 0.29) is 32.7 Å². The molecule has 0 aromatic heterocycles. The van der Waals surface area contributed by atoms with Crippen LogP contribution in [0.2, 0.25) is 0 Å². The van der Waals surface area contributed by atoms with Gasteiger partial charge in [0, 0.05) is 10.8 Å². The Morgan fingerprint density at radius 2 is 0.909 bits per heavy atom. The van der Waals surface area contributed by atoms with Crippen LogP contribution in [0.15, 0.2) is 0 Å². The number of fused-ring (bicyclic) bond motifs is 10. The normalized spacial score (nSPS) is 57.9. The van der Waals surface area contributed by atoms with E-state index >= 15 is 0 Å². The maximum atomic E-state index is 12.7. The molecule has 0 unspecified atom stereocenters. The predicted octanol–water partition coefficient (Wildman–Crippen LogP) is 8.67. The Hall–Kier alpha value is 0.220. The average molecular weight is 739 g/mol. The van der Waals surface area contributed by atoms with Crippen molar-refractivity contribution in [1.29, 1.82) is 0 Å². The molecule has 0 aliphatic heterocycles. The van der Waals surface area contributed by atoms with E-state index in [1.54, 1.807) is 0 Å². The third-order valence-corrected chi connectivity index (χ3v) is 18.3. The van der Waals surface area contributed by atoms with Gasteiger partial charge in [-0.25, -0.2) is 0 Å². The van der Waals surface area contributed by atoms with Gasteiger partial charge in [-0.3, -0.25) is 9.59 Å². The van der Waals surface area contributed by atoms with Gasteiger partial charge in [-0.05, 0) is 161 Å². The number of ketones is 2. The smallest absolute Gasteiger partial charge is 0.152 e. The zero-order valence-corrected chi connectivity index (χ0v) is 30.9. The summed E-state index contributed by atoms with van der Waals surface area (Å²) in [5, 5.41) is 20.1. The third-order valence-electron chi connectivity index (χ3n) is 16.7. The van der Waals surface area contributed by atoms with Gasteiger partial charge in [-0.1, -0.05) is 59.6 Å². The van der Waals surface area contributed by atoms with E-state index < -0.39 is 0 Å². The molecular formula is C38H58Br2O4. The molecule has 8 rings (SSSR count). The molecule has 16 atom stereocenters. The fourth-order valence-electron chi connectivity index (χ4n) is 14.0. The molecule has 6 heteroatoms. The topological polar surface area (TPSA) is 74.6 Å². The van der Waals surface area contributed by atoms with E-state index in [1.165, 1.54) is 51.4 Å². The molecule has 8 aliphatic rings. The lowest BCUT2D eigenvalue weighted by atomic mass is 9.45. The average Bonchev–Trinajstić information content (AvgIpc) is 3.37. The monoisotopic (exact) mass is 736 g/mol. The molecule has 0 radical (unpaired) electrons. The van der Waals surface area contributed by atoms with Crippen LogP contribution in [0.3, 0.4) is 0 Å². The van der Waals surface area contributed by atoms with Crippen molar-refractivity contribution in [3.05, 3.63) is 0 Å². The zero-order chi connectivity index (χ0) is 31.4. The molecule has 0 aromatic carbocycles. The molecule has 8 saturated carbocycles. The number of rotatable bonds is 0. The summed E-state index contributed by atoms with van der Waals surface area (Å²) in [6, 6.07) is 0. The Bertz CT molecular complexity index is 1070. The van der Waals surface area contributed by atoms with E-state index in [1.807, 2.05) is 0 Å². The summed E-state index contributed by atoms with van der Waals surface area (Å²) >= 11 is 7.31. The number of Topliss-reactive ketones (excluding diaryl/α,β-unsaturated/α-hetero) is 2. The highest BCUT2D eigenvalue weighted by Gasteiger charge is 2.63. The SMILES string of the molecule is C[C@]12CC[C@H](O)C[C@@H]1CC[C@@H]1[C@@H]2CC[C@]2(C)C(=O)[C@H](Br)C[C@@H]12.C[C@]12CC[C@H](O)C[C@@H]1CC[C@@H]1[C@@H]2CC[C@]2(C)C(=O)[C@H](Br)C[C@@H]12. The number of hydrogen-bond acceptors (Lipinski definition) is 4. The molecule has 0 heterocycles. The van der Waals surface area contributed by atoms with Crippen molar-refractivity contribution >= 4 is 43.4 Å². The maximum absolute atomic E-state index is 12.7. The summed E-state index contributed by atoms with van der Waals surface area (Å²) in [6.45, 7) is 9.50. The van der Waals surface area contributed by atoms with Crippen molar-refractivity contribution in [2.75, 3.05) is 0 Å². The number of hydrogen-bond donors (Lipinski definition) is 2. The minimum atomic E-state index is -0.0662. The molecule has 0 saturated heterocycles. The zero-order valence-electron chi connectivity index (χ0n) is 27.7. The molecule has 4 nitrogen and oxygen atoms in total. The Balaban J connectivity index is 0.000000142. The van der Waals surface area contributed by atoms with Crippen LogP contribution in [0, 0.1) is 69.0 Å². The van der Waals surface area contributed by atoms with E-state index in [4.69, 9.17) is 0 Å². The second kappa shape index (κ2) is 11.4. The first-order valence-electron chi connectivity index (χ1n) is 18.5. The summed E-state index contributed by atoms with van der Waals surface area (Å²) in [5.41, 5.74) is 0.702. The number of halogens is 2. The van der Waals surface area contributed by atoms with E-state index in [0.717, 1.165) is 75.0 Å². The minimum Gasteiger partial charge on any atom is -0.393 e. The largest absolute Gasteiger partial charge is 0.393 e. The van der Waals surface area contributed by atoms with Crippen LogP contribution in [0.5, 0.6) is 0 Å². The minimum absolute atomic E-state index is 0.0628. The van der Waals surface area contributed by atoms with Crippen LogP contribution in [-0.4, -0.2) is 43.6 Å². The number of carbonyl (C=O) groups is 2. The lowest BCUT2D eigenvalue weighted by Gasteiger charge is -2.60. The molecule has 2 N–H and O–H groups in total. The number of carbonyl (C=O) groups excluding carboxylic acids is 2. The number of aliphatic hydroxyl groups is 2. The molecule has 8 aliphatic carbocycles. The summed E-state index contributed by atoms with van der Waals surface area (Å²) < 4.78 is 0. The van der Waals surface area contributed by atoms with Crippen molar-refractivity contribution in [2.24, 2.45) is 69.0 Å². The van der Waals surface area contributed by atoms with Crippen molar-refractivity contribution in [1.82, 2.24) is 0 Å². The van der Waals surface area contributed by atoms with Crippen molar-refractivity contribution in [2.45, 2.75) is 152 Å². The van der Waals surface area contributed by atoms with Gasteiger partial charge in [0.05, 0.1) is 21.9 Å². The summed E-state index contributed by atoms with van der Waals surface area (Å²) in [5.74, 6) is 6.58. The van der Waals surface area contributed by atoms with Crippen LogP contribution >= 0.6 is 31.9 Å². The molecule has 44 heavy (non-hydrogen) atoms. The molecular weight excluding hydrogens is 680 g/mol. The highest BCUT2D eigenvalue weighted by atomic mass is 79.9. The highest BCUT2D eigenvalue weighted by Crippen LogP contribution is 2.67. The Morgan fingerprint density at radius 1 is 0.523 bits per heavy atom. The standard InChI is InChI=1S/2C19H29BrO2/c2*1-18-7-5-12(21)9-11(18)3-4-13-14(18)6-8-19(2)15(13)10-16(20)17(19)22/h2*11-16,21H,3-10H2,1-2H3/t2*11-,12-,13+,14-,15-,16+,18-,19-/m00/s1. The van der Waals surface area contributed by atoms with Crippen LogP contribution in [0.1, 0.15) is 130 Å². The van der Waals surface area contributed by atoms with E-state index in [9.17, 15) is 19.8 Å². The second-order valence-corrected chi connectivity index (χ2v) is 20.4. The van der Waals surface area contributed by atoms with Gasteiger partial charge in [-0.2, -0.15) is 0 Å². The van der Waals surface area contributed by atoms with E-state index in [2.05, 4.69) is 59.6 Å². The van der Waals surface area contributed by atoms with Gasteiger partial charge in [0.2, 0.25) is 0 Å². The number of alkyl halides is 2. The van der Waals surface area contributed by atoms with Gasteiger partial charge in [0.25, 0.3) is 0 Å². The molecule has 0 bridgehead atoms. The first-order chi connectivity index (χ1) is 20.7. The molecule has 248 valence electrons. The molecule has 0 spiro atoms. The van der Waals surface area contributed by atoms with Crippen LogP contribution < -0.4 is 0 Å². The van der Waals surface area contributed by atoms with Gasteiger partial charge in [0.1, 0.15) is 0 Å². The van der Waals surface area contributed by atoms with Crippen molar-refractivity contribution in [3.8, 4) is 0 Å². The van der Waals surface area contributed by atoms with Gasteiger partial charge in [0.15, 0.2) is 11.6 Å². The molecule has 0 amide bonds. The van der Waals surface area contributed by atoms with Crippen molar-refractivity contribution < 1.29 is 19.8 Å². The van der Waals surface area contributed by atoms with Gasteiger partial charge in [-0.15, -0.1) is 0 Å². The first kappa shape index (κ1) is 32.8. The Morgan fingerprint density at radius 3 is 1.30 bits per heavy atom. The Labute approximate surface area is 283 Å². The Kier molecular flexibility index (Phi) is 8.48. The molecule has 8 fully saturated rings. The lowest BCUT2D eigenvalue weighted by molar-refractivity contribution is -0.142. The van der Waals surface area contributed by atoms with Crippen LogP contribution in [0.25, 0.3) is 0 Å². The summed E-state index contributed by atoms with van der Waals surface area (Å²) in [7, 11) is 0. The van der Waals surface area contributed by atoms with Crippen molar-refractivity contribution in [3.63, 3.8) is 0 Å². The van der Waals surface area contributed by atoms with Gasteiger partial charge < -0.3 is 10.2 Å². The highest BCUT2D eigenvalue weighted by molar-refractivity contribution is 9.10. The summed E-state index contributed by atoms with van der Waals surface area (Å²) in [4.78, 5) is 25.5. The fourth-order valence-corrected chi connectivity index (χ4v) is 15.8. The number of aliphatic hydroxyl groups excluding tert-OH is 2. The first-order valence-corrected chi connectivity index (χ1v) is 20.3. The maximum Gasteiger partial charge on any atom is 0.152 e. The van der Waals surface area contributed by atoms with Crippen LogP contribution in [0.4, 0.5) is 0 Å². The molecule has 0 aromatic rings. The van der Waals surface area contributed by atoms with E-state index in [0.29, 0.717) is 46.1 Å².